The van der Waals surface area contributed by atoms with Crippen LogP contribution in [-0.4, -0.2) is 11.1 Å². The van der Waals surface area contributed by atoms with Gasteiger partial charge in [0.25, 0.3) is 0 Å². The molecule has 0 atom stereocenters. The molecule has 0 fully saturated rings. The van der Waals surface area contributed by atoms with E-state index in [0.29, 0.717) is 12.0 Å². The van der Waals surface area contributed by atoms with Crippen molar-refractivity contribution in [1.82, 2.24) is 0 Å². The predicted molar refractivity (Wildman–Crippen MR) is 60.7 cm³/mol. The summed E-state index contributed by atoms with van der Waals surface area (Å²) in [6.45, 7) is 1.69. The number of hydrogen-bond acceptors (Lipinski definition) is 2. The largest absolute Gasteiger partial charge is 0.477 e. The molecule has 3 heteroatoms. The number of aliphatic carboxylic acids is 1. The van der Waals surface area contributed by atoms with Gasteiger partial charge < -0.3 is 5.11 Å². The molecule has 0 amide bonds. The lowest BCUT2D eigenvalue weighted by Gasteiger charge is -2.02. The second-order valence-electron chi connectivity index (χ2n) is 3.56. The number of aryl methyl sites for hydroxylation is 1. The molecule has 1 N–H and O–H groups in total. The summed E-state index contributed by atoms with van der Waals surface area (Å²) in [7, 11) is 0. The molecule has 0 saturated carbocycles. The zero-order valence-electron chi connectivity index (χ0n) is 9.10. The Hall–Kier alpha value is -2.08. The lowest BCUT2D eigenvalue weighted by Crippen LogP contribution is -2.02. The molecule has 3 nitrogen and oxygen atoms in total. The van der Waals surface area contributed by atoms with E-state index in [1.807, 2.05) is 30.3 Å². The van der Waals surface area contributed by atoms with Crippen LogP contribution in [0.5, 0.6) is 0 Å². The number of carbonyl (C=O) groups is 1. The Labute approximate surface area is 94.6 Å². The first kappa shape index (κ1) is 12.0. The zero-order valence-corrected chi connectivity index (χ0v) is 9.10. The molecule has 0 bridgehead atoms. The fourth-order valence-electron chi connectivity index (χ4n) is 1.43. The lowest BCUT2D eigenvalue weighted by molar-refractivity contribution is -0.132. The highest BCUT2D eigenvalue weighted by molar-refractivity contribution is 5.91. The molecule has 0 heterocycles. The van der Waals surface area contributed by atoms with E-state index in [1.54, 1.807) is 13.0 Å². The Morgan fingerprint density at radius 3 is 2.50 bits per heavy atom. The summed E-state index contributed by atoms with van der Waals surface area (Å²) in [6, 6.07) is 11.5. The van der Waals surface area contributed by atoms with Gasteiger partial charge in [0.1, 0.15) is 11.6 Å². The molecule has 0 saturated heterocycles. The van der Waals surface area contributed by atoms with Crippen LogP contribution in [0.15, 0.2) is 41.5 Å². The molecule has 0 unspecified atom stereocenters. The molecule has 1 aromatic carbocycles. The van der Waals surface area contributed by atoms with Crippen LogP contribution in [0.3, 0.4) is 0 Å². The monoisotopic (exact) mass is 215 g/mol. The van der Waals surface area contributed by atoms with Gasteiger partial charge in [-0.2, -0.15) is 5.26 Å². The second kappa shape index (κ2) is 5.72. The first-order valence-corrected chi connectivity index (χ1v) is 5.02. The Morgan fingerprint density at radius 2 is 2.00 bits per heavy atom. The summed E-state index contributed by atoms with van der Waals surface area (Å²) in [6.07, 6.45) is 1.35. The van der Waals surface area contributed by atoms with Crippen molar-refractivity contribution in [3.63, 3.8) is 0 Å². The number of nitrogens with zero attached hydrogens (tertiary/aromatic N) is 1. The normalized spacial score (nSPS) is 11.5. The number of hydrogen-bond donors (Lipinski definition) is 1. The van der Waals surface area contributed by atoms with Crippen molar-refractivity contribution in [2.24, 2.45) is 0 Å². The summed E-state index contributed by atoms with van der Waals surface area (Å²) < 4.78 is 0. The maximum atomic E-state index is 10.7. The summed E-state index contributed by atoms with van der Waals surface area (Å²) in [4.78, 5) is 10.7. The quantitative estimate of drug-likeness (QED) is 0.620. The maximum Gasteiger partial charge on any atom is 0.346 e. The van der Waals surface area contributed by atoms with E-state index in [9.17, 15) is 4.79 Å². The molecule has 0 aliphatic carbocycles. The van der Waals surface area contributed by atoms with Crippen molar-refractivity contribution in [2.75, 3.05) is 0 Å². The van der Waals surface area contributed by atoms with Crippen LogP contribution >= 0.6 is 0 Å². The lowest BCUT2D eigenvalue weighted by atomic mass is 10.0. The van der Waals surface area contributed by atoms with Gasteiger partial charge in [0, 0.05) is 0 Å². The summed E-state index contributed by atoms with van der Waals surface area (Å²) in [5, 5.41) is 17.4. The molecule has 16 heavy (non-hydrogen) atoms. The average molecular weight is 215 g/mol. The molecule has 1 aromatic rings. The van der Waals surface area contributed by atoms with Crippen molar-refractivity contribution < 1.29 is 9.90 Å². The van der Waals surface area contributed by atoms with Gasteiger partial charge >= 0.3 is 5.97 Å². The van der Waals surface area contributed by atoms with Crippen LogP contribution in [0.25, 0.3) is 0 Å². The predicted octanol–water partition coefficient (Wildman–Crippen LogP) is 2.54. The molecule has 0 aliphatic rings. The van der Waals surface area contributed by atoms with Crippen LogP contribution in [0.2, 0.25) is 0 Å². The van der Waals surface area contributed by atoms with Crippen molar-refractivity contribution in [3.05, 3.63) is 47.0 Å². The maximum absolute atomic E-state index is 10.7. The number of carboxylic acid groups (broad SMARTS) is 1. The van der Waals surface area contributed by atoms with Crippen LogP contribution in [0, 0.1) is 11.3 Å². The third-order valence-electron chi connectivity index (χ3n) is 2.38. The number of carboxylic acids is 1. The third-order valence-corrected chi connectivity index (χ3v) is 2.38. The van der Waals surface area contributed by atoms with Crippen LogP contribution in [-0.2, 0) is 11.2 Å². The van der Waals surface area contributed by atoms with E-state index >= 15 is 0 Å². The molecule has 1 rings (SSSR count). The number of rotatable bonds is 4. The van der Waals surface area contributed by atoms with Gasteiger partial charge in [-0.15, -0.1) is 0 Å². The Morgan fingerprint density at radius 1 is 1.38 bits per heavy atom. The van der Waals surface area contributed by atoms with Gasteiger partial charge in [-0.05, 0) is 30.9 Å². The minimum absolute atomic E-state index is 0.143. The van der Waals surface area contributed by atoms with Crippen LogP contribution in [0.4, 0.5) is 0 Å². The summed E-state index contributed by atoms with van der Waals surface area (Å²) in [5.41, 5.74) is 1.62. The van der Waals surface area contributed by atoms with Gasteiger partial charge in [-0.25, -0.2) is 4.79 Å². The highest BCUT2D eigenvalue weighted by atomic mass is 16.4. The van der Waals surface area contributed by atoms with E-state index in [4.69, 9.17) is 10.4 Å². The van der Waals surface area contributed by atoms with Gasteiger partial charge in [-0.3, -0.25) is 0 Å². The standard InChI is InChI=1S/C13H13NO2/c1-10(12(9-14)13(15)16)7-8-11-5-3-2-4-6-11/h2-6H,7-8H2,1H3,(H,15,16). The molecular weight excluding hydrogens is 202 g/mol. The van der Waals surface area contributed by atoms with E-state index in [-0.39, 0.29) is 5.57 Å². The SMILES string of the molecule is CC(CCc1ccccc1)=C(C#N)C(=O)O. The fraction of sp³-hybridized carbons (Fsp3) is 0.231. The Kier molecular flexibility index (Phi) is 4.28. The number of nitriles is 1. The number of allylic oxidation sites excluding steroid dienone is 1. The number of benzene rings is 1. The minimum atomic E-state index is -1.15. The van der Waals surface area contributed by atoms with Crippen molar-refractivity contribution in [1.29, 1.82) is 5.26 Å². The van der Waals surface area contributed by atoms with E-state index < -0.39 is 5.97 Å². The molecule has 82 valence electrons. The molecule has 0 aliphatic heterocycles. The first-order valence-electron chi connectivity index (χ1n) is 5.02. The second-order valence-corrected chi connectivity index (χ2v) is 3.56. The summed E-state index contributed by atoms with van der Waals surface area (Å²) in [5.74, 6) is -1.15. The molecular formula is C13H13NO2. The van der Waals surface area contributed by atoms with E-state index in [0.717, 1.165) is 12.0 Å². The molecule has 0 radical (unpaired) electrons. The smallest absolute Gasteiger partial charge is 0.346 e. The van der Waals surface area contributed by atoms with Crippen LogP contribution < -0.4 is 0 Å². The van der Waals surface area contributed by atoms with Crippen molar-refractivity contribution in [2.45, 2.75) is 19.8 Å². The highest BCUT2D eigenvalue weighted by Crippen LogP contribution is 2.12. The molecule has 0 aromatic heterocycles. The van der Waals surface area contributed by atoms with E-state index in [1.165, 1.54) is 0 Å². The van der Waals surface area contributed by atoms with Crippen molar-refractivity contribution in [3.8, 4) is 6.07 Å². The Bertz CT molecular complexity index is 441. The van der Waals surface area contributed by atoms with Gasteiger partial charge in [0.05, 0.1) is 0 Å². The van der Waals surface area contributed by atoms with Gasteiger partial charge in [-0.1, -0.05) is 30.3 Å². The molecule has 0 spiro atoms. The van der Waals surface area contributed by atoms with Crippen molar-refractivity contribution >= 4 is 5.97 Å². The summed E-state index contributed by atoms with van der Waals surface area (Å²) >= 11 is 0. The Balaban J connectivity index is 2.69. The van der Waals surface area contributed by atoms with Gasteiger partial charge in [0.2, 0.25) is 0 Å². The third kappa shape index (κ3) is 3.25. The average Bonchev–Trinajstić information content (AvgIpc) is 2.28. The highest BCUT2D eigenvalue weighted by Gasteiger charge is 2.10. The first-order chi connectivity index (χ1) is 7.65. The van der Waals surface area contributed by atoms with E-state index in [2.05, 4.69) is 0 Å². The minimum Gasteiger partial charge on any atom is -0.477 e. The topological polar surface area (TPSA) is 61.1 Å². The zero-order chi connectivity index (χ0) is 12.0. The van der Waals surface area contributed by atoms with Crippen LogP contribution in [0.1, 0.15) is 18.9 Å². The van der Waals surface area contributed by atoms with Gasteiger partial charge in [0.15, 0.2) is 0 Å². The fourth-order valence-corrected chi connectivity index (χ4v) is 1.43.